The molecule has 1 N–H and O–H groups in total. The van der Waals surface area contributed by atoms with Gasteiger partial charge in [0.05, 0.1) is 23.9 Å². The van der Waals surface area contributed by atoms with Crippen molar-refractivity contribution >= 4 is 17.7 Å². The second-order valence-electron chi connectivity index (χ2n) is 7.59. The lowest BCUT2D eigenvalue weighted by Gasteiger charge is -2.17. The van der Waals surface area contributed by atoms with Crippen molar-refractivity contribution in [3.8, 4) is 23.6 Å². The number of hydrogen-bond donors (Lipinski definition) is 1. The fraction of sp³-hybridized carbons (Fsp3) is 0.138. The van der Waals surface area contributed by atoms with Crippen LogP contribution >= 0.6 is 0 Å². The van der Waals surface area contributed by atoms with E-state index in [1.807, 2.05) is 25.1 Å². The van der Waals surface area contributed by atoms with Crippen molar-refractivity contribution in [2.45, 2.75) is 20.0 Å². The summed E-state index contributed by atoms with van der Waals surface area (Å²) in [6.07, 6.45) is 3.53. The first-order chi connectivity index (χ1) is 17.5. The van der Waals surface area contributed by atoms with E-state index in [0.29, 0.717) is 35.7 Å². The van der Waals surface area contributed by atoms with Gasteiger partial charge in [-0.25, -0.2) is 4.39 Å². The van der Waals surface area contributed by atoms with E-state index < -0.39 is 11.7 Å². The van der Waals surface area contributed by atoms with Crippen LogP contribution in [0, 0.1) is 28.5 Å². The molecule has 0 heterocycles. The first-order valence-corrected chi connectivity index (χ1v) is 11.2. The lowest BCUT2D eigenvalue weighted by molar-refractivity contribution is -0.112. The Morgan fingerprint density at radius 2 is 1.83 bits per heavy atom. The minimum absolute atomic E-state index is 0.0209. The van der Waals surface area contributed by atoms with E-state index in [1.54, 1.807) is 36.4 Å². The molecule has 0 radical (unpaired) electrons. The SMILES string of the molecule is C=CCc1cc(/C=C(/C#N)C(=O)Nc2ccccc2F)cc(OCC)c1OCc1ccccc1C#N. The number of halogens is 1. The summed E-state index contributed by atoms with van der Waals surface area (Å²) >= 11 is 0. The molecule has 0 saturated carbocycles. The zero-order valence-electron chi connectivity index (χ0n) is 19.8. The zero-order chi connectivity index (χ0) is 25.9. The molecule has 6 nitrogen and oxygen atoms in total. The van der Waals surface area contributed by atoms with Gasteiger partial charge in [0.15, 0.2) is 11.5 Å². The van der Waals surface area contributed by atoms with Crippen molar-refractivity contribution in [2.24, 2.45) is 0 Å². The number of anilines is 1. The second kappa shape index (κ2) is 12.5. The maximum atomic E-state index is 13.9. The predicted octanol–water partition coefficient (Wildman–Crippen LogP) is 5.95. The predicted molar refractivity (Wildman–Crippen MR) is 136 cm³/mol. The van der Waals surface area contributed by atoms with Gasteiger partial charge in [-0.05, 0) is 55.3 Å². The van der Waals surface area contributed by atoms with Crippen LogP contribution in [0.2, 0.25) is 0 Å². The van der Waals surface area contributed by atoms with Gasteiger partial charge in [-0.3, -0.25) is 4.79 Å². The van der Waals surface area contributed by atoms with E-state index in [0.717, 1.165) is 11.1 Å². The van der Waals surface area contributed by atoms with Crippen molar-refractivity contribution in [3.63, 3.8) is 0 Å². The highest BCUT2D eigenvalue weighted by Gasteiger charge is 2.16. The summed E-state index contributed by atoms with van der Waals surface area (Å²) in [4.78, 5) is 12.6. The van der Waals surface area contributed by atoms with Crippen molar-refractivity contribution in [3.05, 3.63) is 107 Å². The summed E-state index contributed by atoms with van der Waals surface area (Å²) in [5.41, 5.74) is 2.27. The van der Waals surface area contributed by atoms with Crippen LogP contribution in [0.4, 0.5) is 10.1 Å². The van der Waals surface area contributed by atoms with Gasteiger partial charge >= 0.3 is 0 Å². The number of benzene rings is 3. The van der Waals surface area contributed by atoms with Gasteiger partial charge in [0.1, 0.15) is 24.1 Å². The zero-order valence-corrected chi connectivity index (χ0v) is 19.8. The highest BCUT2D eigenvalue weighted by Crippen LogP contribution is 2.35. The Morgan fingerprint density at radius 1 is 1.08 bits per heavy atom. The van der Waals surface area contributed by atoms with Crippen LogP contribution in [0.1, 0.15) is 29.2 Å². The first-order valence-electron chi connectivity index (χ1n) is 11.2. The normalized spacial score (nSPS) is 10.6. The van der Waals surface area contributed by atoms with E-state index in [9.17, 15) is 19.7 Å². The molecule has 180 valence electrons. The molecule has 0 unspecified atom stereocenters. The van der Waals surface area contributed by atoms with Crippen LogP contribution in [0.5, 0.6) is 11.5 Å². The van der Waals surface area contributed by atoms with Crippen LogP contribution in [0.15, 0.2) is 78.9 Å². The molecule has 0 aliphatic rings. The quantitative estimate of drug-likeness (QED) is 0.219. The number of rotatable bonds is 10. The molecular weight excluding hydrogens is 457 g/mol. The van der Waals surface area contributed by atoms with Crippen LogP contribution in [0.25, 0.3) is 6.08 Å². The van der Waals surface area contributed by atoms with E-state index in [2.05, 4.69) is 18.0 Å². The molecule has 3 aromatic rings. The molecule has 3 aromatic carbocycles. The summed E-state index contributed by atoms with van der Waals surface area (Å²) in [5, 5.41) is 21.4. The third kappa shape index (κ3) is 6.37. The van der Waals surface area contributed by atoms with Gasteiger partial charge in [0.2, 0.25) is 0 Å². The molecule has 36 heavy (non-hydrogen) atoms. The first kappa shape index (κ1) is 25.7. The molecule has 0 aliphatic heterocycles. The van der Waals surface area contributed by atoms with Crippen LogP contribution in [-0.4, -0.2) is 12.5 Å². The summed E-state index contributed by atoms with van der Waals surface area (Å²) in [6.45, 7) is 6.13. The Balaban J connectivity index is 1.96. The van der Waals surface area contributed by atoms with E-state index in [-0.39, 0.29) is 17.9 Å². The molecule has 0 spiro atoms. The van der Waals surface area contributed by atoms with Crippen molar-refractivity contribution in [2.75, 3.05) is 11.9 Å². The van der Waals surface area contributed by atoms with Gasteiger partial charge in [-0.1, -0.05) is 36.4 Å². The Morgan fingerprint density at radius 3 is 2.53 bits per heavy atom. The largest absolute Gasteiger partial charge is 0.490 e. The number of amides is 1. The maximum absolute atomic E-state index is 13.9. The number of para-hydroxylation sites is 1. The average molecular weight is 482 g/mol. The van der Waals surface area contributed by atoms with Crippen molar-refractivity contribution in [1.82, 2.24) is 0 Å². The molecule has 3 rings (SSSR count). The molecule has 0 saturated heterocycles. The standard InChI is InChI=1S/C29H24FN3O3/c1-3-9-21-14-20(15-24(18-32)29(34)33-26-13-8-7-12-25(26)30)16-27(35-4-2)28(21)36-19-23-11-6-5-10-22(23)17-31/h3,5-8,10-16H,1,4,9,19H2,2H3,(H,33,34)/b24-15-. The fourth-order valence-corrected chi connectivity index (χ4v) is 3.47. The van der Waals surface area contributed by atoms with Gasteiger partial charge in [-0.15, -0.1) is 6.58 Å². The number of allylic oxidation sites excluding steroid dienone is 1. The number of hydrogen-bond acceptors (Lipinski definition) is 5. The molecule has 0 aromatic heterocycles. The van der Waals surface area contributed by atoms with Crippen LogP contribution in [-0.2, 0) is 17.8 Å². The molecule has 1 amide bonds. The summed E-state index contributed by atoms with van der Waals surface area (Å²) < 4.78 is 25.8. The number of ether oxygens (including phenoxy) is 2. The molecular formula is C29H24FN3O3. The lowest BCUT2D eigenvalue weighted by atomic mass is 10.0. The van der Waals surface area contributed by atoms with E-state index >= 15 is 0 Å². The summed E-state index contributed by atoms with van der Waals surface area (Å²) in [6, 6.07) is 20.3. The fourth-order valence-electron chi connectivity index (χ4n) is 3.47. The van der Waals surface area contributed by atoms with Gasteiger partial charge < -0.3 is 14.8 Å². The van der Waals surface area contributed by atoms with Crippen molar-refractivity contribution < 1.29 is 18.7 Å². The maximum Gasteiger partial charge on any atom is 0.266 e. The third-order valence-corrected chi connectivity index (χ3v) is 5.13. The number of nitrogens with zero attached hydrogens (tertiary/aromatic N) is 2. The molecule has 0 atom stereocenters. The summed E-state index contributed by atoms with van der Waals surface area (Å²) in [5.74, 6) is -0.436. The Labute approximate surface area is 209 Å². The third-order valence-electron chi connectivity index (χ3n) is 5.13. The minimum Gasteiger partial charge on any atom is -0.490 e. The van der Waals surface area contributed by atoms with Gasteiger partial charge in [0.25, 0.3) is 5.91 Å². The van der Waals surface area contributed by atoms with Crippen LogP contribution < -0.4 is 14.8 Å². The Bertz CT molecular complexity index is 1380. The number of nitrogens with one attached hydrogen (secondary N) is 1. The monoisotopic (exact) mass is 481 g/mol. The molecule has 0 fully saturated rings. The van der Waals surface area contributed by atoms with Gasteiger partial charge in [0, 0.05) is 11.1 Å². The van der Waals surface area contributed by atoms with E-state index in [4.69, 9.17) is 9.47 Å². The highest BCUT2D eigenvalue weighted by molar-refractivity contribution is 6.09. The topological polar surface area (TPSA) is 95.1 Å². The average Bonchev–Trinajstić information content (AvgIpc) is 2.88. The molecule has 0 bridgehead atoms. The van der Waals surface area contributed by atoms with E-state index in [1.165, 1.54) is 24.3 Å². The van der Waals surface area contributed by atoms with Gasteiger partial charge in [-0.2, -0.15) is 10.5 Å². The Kier molecular flexibility index (Phi) is 8.97. The molecule has 7 heteroatoms. The Hall–Kier alpha value is -4.88. The van der Waals surface area contributed by atoms with Crippen LogP contribution in [0.3, 0.4) is 0 Å². The minimum atomic E-state index is -0.737. The number of carbonyl (C=O) groups is 1. The number of carbonyl (C=O) groups excluding carboxylic acids is 1. The number of nitriles is 2. The molecule has 0 aliphatic carbocycles. The summed E-state index contributed by atoms with van der Waals surface area (Å²) in [7, 11) is 0. The second-order valence-corrected chi connectivity index (χ2v) is 7.59. The smallest absolute Gasteiger partial charge is 0.266 e. The highest BCUT2D eigenvalue weighted by atomic mass is 19.1. The van der Waals surface area contributed by atoms with Crippen molar-refractivity contribution in [1.29, 1.82) is 10.5 Å². The lowest BCUT2D eigenvalue weighted by Crippen LogP contribution is -2.14.